The molecule has 0 radical (unpaired) electrons. The van der Waals surface area contributed by atoms with E-state index in [1.165, 1.54) is 30.7 Å². The normalized spacial score (nSPS) is 12.4. The van der Waals surface area contributed by atoms with E-state index in [0.717, 1.165) is 18.9 Å². The average Bonchev–Trinajstić information content (AvgIpc) is 3.44. The molecule has 0 saturated carbocycles. The van der Waals surface area contributed by atoms with Crippen molar-refractivity contribution in [2.75, 3.05) is 31.5 Å². The van der Waals surface area contributed by atoms with E-state index in [-0.39, 0.29) is 29.3 Å². The number of aromatic nitrogens is 4. The highest BCUT2D eigenvalue weighted by atomic mass is 79.9. The number of methoxy groups -OCH3 is 2. The van der Waals surface area contributed by atoms with Crippen LogP contribution in [0.2, 0.25) is 5.04 Å². The van der Waals surface area contributed by atoms with Crippen LogP contribution in [0.25, 0.3) is 11.0 Å². The second-order valence-electron chi connectivity index (χ2n) is 13.5. The second-order valence-corrected chi connectivity index (χ2v) is 18.6. The number of ether oxygens (including phenoxy) is 2. The molecule has 5 rings (SSSR count). The number of anilines is 2. The summed E-state index contributed by atoms with van der Waals surface area (Å²) < 4.78 is 33.9. The Kier molecular flexibility index (Phi) is 12.5. The number of carbonyl (C=O) groups is 2. The van der Waals surface area contributed by atoms with Gasteiger partial charge in [-0.05, 0) is 50.2 Å². The number of carbonyl (C=O) groups excluding carboxylic acids is 1. The number of halogens is 2. The fraction of sp³-hybridized carbons (Fsp3) is 0.342. The Labute approximate surface area is 317 Å². The number of hydrogen-bond donors (Lipinski definition) is 3. The Balaban J connectivity index is 1.54. The van der Waals surface area contributed by atoms with E-state index in [1.807, 2.05) is 12.1 Å². The van der Waals surface area contributed by atoms with Gasteiger partial charge in [0.25, 0.3) is 8.32 Å². The van der Waals surface area contributed by atoms with Crippen LogP contribution in [0.3, 0.4) is 0 Å². The lowest BCUT2D eigenvalue weighted by Gasteiger charge is -2.43. The van der Waals surface area contributed by atoms with Crippen LogP contribution >= 0.6 is 15.9 Å². The second kappa shape index (κ2) is 16.9. The Morgan fingerprint density at radius 2 is 1.64 bits per heavy atom. The van der Waals surface area contributed by atoms with E-state index in [4.69, 9.17) is 13.9 Å². The first-order valence-corrected chi connectivity index (χ1v) is 19.9. The summed E-state index contributed by atoms with van der Waals surface area (Å²) in [5, 5.41) is 22.6. The van der Waals surface area contributed by atoms with E-state index >= 15 is 0 Å². The molecule has 5 aromatic rings. The van der Waals surface area contributed by atoms with E-state index in [0.29, 0.717) is 40.0 Å². The van der Waals surface area contributed by atoms with Crippen LogP contribution in [0.15, 0.2) is 77.4 Å². The third kappa shape index (κ3) is 8.52. The highest BCUT2D eigenvalue weighted by Crippen LogP contribution is 2.37. The van der Waals surface area contributed by atoms with Gasteiger partial charge in [0.1, 0.15) is 22.6 Å². The van der Waals surface area contributed by atoms with Gasteiger partial charge < -0.3 is 24.3 Å². The first-order valence-electron chi connectivity index (χ1n) is 17.2. The first kappa shape index (κ1) is 39.3. The third-order valence-corrected chi connectivity index (χ3v) is 14.6. The van der Waals surface area contributed by atoms with Gasteiger partial charge in [-0.1, -0.05) is 94.8 Å². The molecule has 2 aromatic heterocycles. The smallest absolute Gasteiger partial charge is 0.413 e. The van der Waals surface area contributed by atoms with Crippen LogP contribution in [0, 0.1) is 5.82 Å². The van der Waals surface area contributed by atoms with E-state index in [2.05, 4.69) is 118 Å². The summed E-state index contributed by atoms with van der Waals surface area (Å²) in [6.45, 7) is 9.25. The number of nitrogens with zero attached hydrogens (tertiary/aromatic N) is 4. The van der Waals surface area contributed by atoms with Gasteiger partial charge in [-0.15, -0.1) is 0 Å². The predicted octanol–water partition coefficient (Wildman–Crippen LogP) is 7.21. The Hall–Kier alpha value is -4.86. The van der Waals surface area contributed by atoms with Crippen molar-refractivity contribution in [1.29, 1.82) is 0 Å². The zero-order chi connectivity index (χ0) is 38.3. The Morgan fingerprint density at radius 1 is 1.00 bits per heavy atom. The summed E-state index contributed by atoms with van der Waals surface area (Å²) in [7, 11) is -0.179. The first-order chi connectivity index (χ1) is 25.3. The van der Waals surface area contributed by atoms with Crippen LogP contribution in [-0.2, 0) is 15.7 Å². The summed E-state index contributed by atoms with van der Waals surface area (Å²) in [5.41, 5.74) is 0.700. The molecule has 0 bridgehead atoms. The zero-order valence-electron chi connectivity index (χ0n) is 30.6. The number of carboxylic acids is 1. The molecule has 2 heterocycles. The number of aromatic carboxylic acids is 1. The van der Waals surface area contributed by atoms with Gasteiger partial charge in [0.2, 0.25) is 5.95 Å². The molecule has 0 aliphatic heterocycles. The van der Waals surface area contributed by atoms with Gasteiger partial charge >= 0.3 is 12.1 Å². The number of fused-ring (bicyclic) bond motifs is 1. The molecule has 3 aromatic carbocycles. The van der Waals surface area contributed by atoms with E-state index in [1.54, 1.807) is 4.68 Å². The lowest BCUT2D eigenvalue weighted by molar-refractivity contribution is 0.0691. The highest BCUT2D eigenvalue weighted by Gasteiger charge is 2.50. The summed E-state index contributed by atoms with van der Waals surface area (Å²) in [5.74, 6) is -1.83. The monoisotopic (exact) mass is 806 g/mol. The van der Waals surface area contributed by atoms with Crippen LogP contribution in [0.5, 0.6) is 5.75 Å². The number of rotatable bonds is 15. The van der Waals surface area contributed by atoms with Crippen molar-refractivity contribution in [1.82, 2.24) is 19.7 Å². The van der Waals surface area contributed by atoms with Crippen molar-refractivity contribution in [3.8, 4) is 5.75 Å². The largest absolute Gasteiger partial charge is 0.496 e. The van der Waals surface area contributed by atoms with Crippen molar-refractivity contribution in [3.05, 3.63) is 94.3 Å². The molecule has 0 fully saturated rings. The predicted molar refractivity (Wildman–Crippen MR) is 209 cm³/mol. The van der Waals surface area contributed by atoms with Gasteiger partial charge in [0.05, 0.1) is 26.3 Å². The molecule has 0 spiro atoms. The highest BCUT2D eigenvalue weighted by molar-refractivity contribution is 9.10. The van der Waals surface area contributed by atoms with Crippen molar-refractivity contribution >= 4 is 69.5 Å². The molecule has 0 aliphatic rings. The molecule has 1 unspecified atom stereocenters. The van der Waals surface area contributed by atoms with Crippen LogP contribution in [0.4, 0.5) is 21.0 Å². The zero-order valence-corrected chi connectivity index (χ0v) is 33.2. The molecule has 1 amide bonds. The quantitative estimate of drug-likeness (QED) is 0.0927. The lowest BCUT2D eigenvalue weighted by Crippen LogP contribution is -2.66. The van der Waals surface area contributed by atoms with Crippen LogP contribution < -0.4 is 25.7 Å². The maximum absolute atomic E-state index is 14.6. The third-order valence-electron chi connectivity index (χ3n) is 9.05. The molecule has 0 saturated heterocycles. The van der Waals surface area contributed by atoms with Crippen LogP contribution in [-0.4, -0.2) is 72.1 Å². The minimum absolute atomic E-state index is 0.0109. The maximum Gasteiger partial charge on any atom is 0.413 e. The summed E-state index contributed by atoms with van der Waals surface area (Å²) in [4.78, 5) is 33.3. The number of carboxylic acid groups (broad SMARTS) is 1. The molecule has 280 valence electrons. The lowest BCUT2D eigenvalue weighted by atomic mass is 10.1. The van der Waals surface area contributed by atoms with Gasteiger partial charge in [0, 0.05) is 24.3 Å². The number of amides is 1. The van der Waals surface area contributed by atoms with Crippen molar-refractivity contribution in [2.24, 2.45) is 0 Å². The Bertz CT molecular complexity index is 2020. The molecule has 3 N–H and O–H groups in total. The number of nitrogens with one attached hydrogen (secondary N) is 2. The SMILES string of the molecule is CCCC(CCO[Si](c1ccccc1)(c1ccccc1)C(C)(C)C)Nc1nc(NC(=O)OC)nc2c(Br)nn(Cc3cc(C(=O)O)c(F)cc3OC)c12. The fourth-order valence-corrected chi connectivity index (χ4v) is 11.7. The van der Waals surface area contributed by atoms with Gasteiger partial charge in [-0.2, -0.15) is 10.1 Å². The molecular weight excluding hydrogens is 763 g/mol. The van der Waals surface area contributed by atoms with Crippen molar-refractivity contribution in [3.63, 3.8) is 0 Å². The molecule has 0 aliphatic carbocycles. The maximum atomic E-state index is 14.6. The summed E-state index contributed by atoms with van der Waals surface area (Å²) in [6, 6.07) is 23.0. The minimum atomic E-state index is -2.80. The average molecular weight is 808 g/mol. The number of hydrogen-bond acceptors (Lipinski definition) is 9. The molecule has 15 heteroatoms. The molecular formula is C38H44BrFN6O6Si. The van der Waals surface area contributed by atoms with E-state index in [9.17, 15) is 19.1 Å². The summed E-state index contributed by atoms with van der Waals surface area (Å²) >= 11 is 3.50. The topological polar surface area (TPSA) is 150 Å². The summed E-state index contributed by atoms with van der Waals surface area (Å²) in [6.07, 6.45) is 1.48. The Morgan fingerprint density at radius 3 is 2.19 bits per heavy atom. The van der Waals surface area contributed by atoms with Crippen LogP contribution in [0.1, 0.15) is 62.9 Å². The van der Waals surface area contributed by atoms with Crippen molar-refractivity contribution in [2.45, 2.75) is 64.6 Å². The van der Waals surface area contributed by atoms with Gasteiger partial charge in [-0.3, -0.25) is 10.00 Å². The molecule has 1 atom stereocenters. The van der Waals surface area contributed by atoms with Crippen molar-refractivity contribution < 1.29 is 33.0 Å². The molecule has 53 heavy (non-hydrogen) atoms. The number of benzene rings is 3. The standard InChI is InChI=1S/C38H44BrFN6O6Si/c1-7-14-25(19-20-52-53(38(2,3)4,26-15-10-8-11-16-26)27-17-12-9-13-18-27)41-34-32-31(42-36(43-34)44-37(49)51-6)33(39)45-46(32)23-24-21-28(35(47)48)29(40)22-30(24)50-5/h8-13,15-18,21-22,25H,7,14,19-20,23H2,1-6H3,(H,47,48)(H2,41,42,43,44,49). The molecule has 12 nitrogen and oxygen atoms in total. The van der Waals surface area contributed by atoms with E-state index < -0.39 is 31.8 Å². The fourth-order valence-electron chi connectivity index (χ4n) is 6.64. The van der Waals surface area contributed by atoms with Gasteiger partial charge in [-0.25, -0.2) is 19.0 Å². The minimum Gasteiger partial charge on any atom is -0.496 e. The van der Waals surface area contributed by atoms with Gasteiger partial charge in [0.15, 0.2) is 10.4 Å².